The lowest BCUT2D eigenvalue weighted by Crippen LogP contribution is -2.12. The summed E-state index contributed by atoms with van der Waals surface area (Å²) >= 11 is 0. The fourth-order valence-corrected chi connectivity index (χ4v) is 4.05. The second-order valence-corrected chi connectivity index (χ2v) is 7.41. The van der Waals surface area contributed by atoms with Gasteiger partial charge in [0.2, 0.25) is 0 Å². The van der Waals surface area contributed by atoms with Crippen molar-refractivity contribution in [3.05, 3.63) is 77.9 Å². The van der Waals surface area contributed by atoms with E-state index in [9.17, 15) is 15.0 Å². The van der Waals surface area contributed by atoms with Gasteiger partial charge in [-0.1, -0.05) is 80.4 Å². The van der Waals surface area contributed by atoms with Crippen LogP contribution in [0.15, 0.2) is 66.7 Å². The zero-order valence-corrected chi connectivity index (χ0v) is 16.3. The molecule has 3 nitrogen and oxygen atoms in total. The number of carbonyl (C=O) groups is 1. The predicted octanol–water partition coefficient (Wildman–Crippen LogP) is 6.35. The van der Waals surface area contributed by atoms with Gasteiger partial charge in [0, 0.05) is 11.5 Å². The van der Waals surface area contributed by atoms with Crippen LogP contribution < -0.4 is 0 Å². The quantitative estimate of drug-likeness (QED) is 0.428. The highest BCUT2D eigenvalue weighted by Gasteiger charge is 2.21. The molecule has 0 saturated carbocycles. The van der Waals surface area contributed by atoms with Crippen molar-refractivity contribution in [3.63, 3.8) is 0 Å². The molecule has 0 aromatic heterocycles. The summed E-state index contributed by atoms with van der Waals surface area (Å²) in [5.41, 5.74) is 2.15. The van der Waals surface area contributed by atoms with E-state index in [4.69, 9.17) is 0 Å². The van der Waals surface area contributed by atoms with E-state index in [1.807, 2.05) is 43.3 Å². The van der Waals surface area contributed by atoms with E-state index in [2.05, 4.69) is 24.3 Å². The molecule has 0 aliphatic carbocycles. The third-order valence-electron chi connectivity index (χ3n) is 5.64. The number of carboxylic acid groups (broad SMARTS) is 1. The van der Waals surface area contributed by atoms with Gasteiger partial charge in [0.15, 0.2) is 0 Å². The van der Waals surface area contributed by atoms with Crippen molar-refractivity contribution in [2.75, 3.05) is 0 Å². The number of fused-ring (bicyclic) bond motifs is 1. The van der Waals surface area contributed by atoms with E-state index >= 15 is 0 Å². The highest BCUT2D eigenvalue weighted by molar-refractivity contribution is 5.88. The molecule has 3 aromatic carbocycles. The van der Waals surface area contributed by atoms with Gasteiger partial charge in [-0.05, 0) is 41.7 Å². The summed E-state index contributed by atoms with van der Waals surface area (Å²) in [4.78, 5) is 11.3. The van der Waals surface area contributed by atoms with E-state index in [-0.39, 0.29) is 11.8 Å². The van der Waals surface area contributed by atoms with Gasteiger partial charge in [-0.3, -0.25) is 4.79 Å². The lowest BCUT2D eigenvalue weighted by atomic mass is 9.83. The third kappa shape index (κ3) is 4.53. The maximum absolute atomic E-state index is 11.3. The Morgan fingerprint density at radius 3 is 2.29 bits per heavy atom. The summed E-state index contributed by atoms with van der Waals surface area (Å²) in [7, 11) is 0. The molecule has 0 radical (unpaired) electrons. The van der Waals surface area contributed by atoms with Crippen molar-refractivity contribution < 1.29 is 15.0 Å². The molecule has 0 saturated heterocycles. The van der Waals surface area contributed by atoms with Gasteiger partial charge in [0.25, 0.3) is 0 Å². The molecule has 2 unspecified atom stereocenters. The first-order valence-electron chi connectivity index (χ1n) is 10.1. The number of unbranched alkanes of at least 4 members (excludes halogenated alkanes) is 1. The van der Waals surface area contributed by atoms with Crippen molar-refractivity contribution in [2.24, 2.45) is 5.92 Å². The number of rotatable bonds is 9. The first-order valence-corrected chi connectivity index (χ1v) is 10.1. The third-order valence-corrected chi connectivity index (χ3v) is 5.64. The topological polar surface area (TPSA) is 57.5 Å². The molecule has 146 valence electrons. The Hall–Kier alpha value is -2.81. The largest absolute Gasteiger partial charge is 0.508 e. The van der Waals surface area contributed by atoms with Gasteiger partial charge in [-0.25, -0.2) is 0 Å². The summed E-state index contributed by atoms with van der Waals surface area (Å²) < 4.78 is 0. The maximum Gasteiger partial charge on any atom is 0.306 e. The van der Waals surface area contributed by atoms with Crippen molar-refractivity contribution in [1.82, 2.24) is 0 Å². The Labute approximate surface area is 166 Å². The van der Waals surface area contributed by atoms with Crippen LogP contribution in [0.5, 0.6) is 5.75 Å². The van der Waals surface area contributed by atoms with Crippen molar-refractivity contribution in [3.8, 4) is 5.75 Å². The van der Waals surface area contributed by atoms with Gasteiger partial charge < -0.3 is 10.2 Å². The van der Waals surface area contributed by atoms with E-state index in [0.29, 0.717) is 18.6 Å². The van der Waals surface area contributed by atoms with Gasteiger partial charge in [0.1, 0.15) is 5.75 Å². The molecule has 3 aromatic rings. The van der Waals surface area contributed by atoms with Crippen LogP contribution in [0.2, 0.25) is 0 Å². The first kappa shape index (κ1) is 19.9. The Balaban J connectivity index is 1.87. The molecule has 2 N–H and O–H groups in total. The average Bonchev–Trinajstić information content (AvgIpc) is 2.72. The van der Waals surface area contributed by atoms with Crippen LogP contribution in [0.1, 0.15) is 56.1 Å². The van der Waals surface area contributed by atoms with E-state index in [1.165, 1.54) is 5.56 Å². The molecule has 0 fully saturated rings. The van der Waals surface area contributed by atoms with Gasteiger partial charge in [0.05, 0.1) is 5.92 Å². The van der Waals surface area contributed by atoms with E-state index in [0.717, 1.165) is 35.6 Å². The number of phenolic OH excluding ortho intramolecular Hbond substituents is 1. The van der Waals surface area contributed by atoms with Crippen LogP contribution in [0.25, 0.3) is 10.8 Å². The normalized spacial score (nSPS) is 13.3. The average molecular weight is 376 g/mol. The summed E-state index contributed by atoms with van der Waals surface area (Å²) in [6.45, 7) is 1.93. The molecular weight excluding hydrogens is 348 g/mol. The number of aliphatic carboxylic acids is 1. The van der Waals surface area contributed by atoms with Gasteiger partial charge in [-0.2, -0.15) is 0 Å². The van der Waals surface area contributed by atoms with Crippen molar-refractivity contribution >= 4 is 16.7 Å². The minimum atomic E-state index is -0.700. The Bertz CT molecular complexity index is 917. The molecule has 0 heterocycles. The van der Waals surface area contributed by atoms with E-state index < -0.39 is 5.97 Å². The number of phenols is 1. The summed E-state index contributed by atoms with van der Waals surface area (Å²) in [6, 6.07) is 22.2. The molecule has 3 heteroatoms. The van der Waals surface area contributed by atoms with E-state index in [1.54, 1.807) is 6.07 Å². The Kier molecular flexibility index (Phi) is 6.70. The van der Waals surface area contributed by atoms with Crippen LogP contribution >= 0.6 is 0 Å². The van der Waals surface area contributed by atoms with Crippen LogP contribution in [-0.2, 0) is 4.79 Å². The minimum Gasteiger partial charge on any atom is -0.508 e. The van der Waals surface area contributed by atoms with Gasteiger partial charge >= 0.3 is 5.97 Å². The molecule has 0 aliphatic heterocycles. The highest BCUT2D eigenvalue weighted by atomic mass is 16.4. The fourth-order valence-electron chi connectivity index (χ4n) is 4.05. The molecule has 28 heavy (non-hydrogen) atoms. The second kappa shape index (κ2) is 9.41. The number of hydrogen-bond donors (Lipinski definition) is 2. The highest BCUT2D eigenvalue weighted by Crippen LogP contribution is 2.40. The zero-order valence-electron chi connectivity index (χ0n) is 16.3. The van der Waals surface area contributed by atoms with Gasteiger partial charge in [-0.15, -0.1) is 0 Å². The molecule has 0 spiro atoms. The predicted molar refractivity (Wildman–Crippen MR) is 114 cm³/mol. The Morgan fingerprint density at radius 1 is 0.893 bits per heavy atom. The molecule has 2 atom stereocenters. The molecule has 0 aliphatic rings. The SMILES string of the molecule is CCC(CCCCC(c1ccccc1)c1c(O)ccc2ccccc12)C(=O)O. The minimum absolute atomic E-state index is 0.0807. The summed E-state index contributed by atoms with van der Waals surface area (Å²) in [6.07, 6.45) is 4.05. The van der Waals surface area contributed by atoms with Crippen LogP contribution in [0.4, 0.5) is 0 Å². The number of aromatic hydroxyl groups is 1. The molecular formula is C25H28O3. The first-order chi connectivity index (χ1) is 13.6. The lowest BCUT2D eigenvalue weighted by Gasteiger charge is -2.21. The second-order valence-electron chi connectivity index (χ2n) is 7.41. The zero-order chi connectivity index (χ0) is 19.9. The summed E-state index contributed by atoms with van der Waals surface area (Å²) in [5, 5.41) is 22.2. The van der Waals surface area contributed by atoms with Crippen LogP contribution in [0.3, 0.4) is 0 Å². The monoisotopic (exact) mass is 376 g/mol. The Morgan fingerprint density at radius 2 is 1.57 bits per heavy atom. The van der Waals surface area contributed by atoms with Crippen LogP contribution in [0, 0.1) is 5.92 Å². The molecule has 0 amide bonds. The maximum atomic E-state index is 11.3. The lowest BCUT2D eigenvalue weighted by molar-refractivity contribution is -0.142. The summed E-state index contributed by atoms with van der Waals surface area (Å²) in [5.74, 6) is -0.559. The standard InChI is InChI=1S/C25H28O3/c1-2-18(25(27)28)10-6-8-14-21(19-11-4-3-5-12-19)24-22-15-9-7-13-20(22)16-17-23(24)26/h3-5,7,9,11-13,15-18,21,26H,2,6,8,10,14H2,1H3,(H,27,28). The smallest absolute Gasteiger partial charge is 0.306 e. The molecule has 3 rings (SSSR count). The fraction of sp³-hybridized carbons (Fsp3) is 0.320. The van der Waals surface area contributed by atoms with Crippen molar-refractivity contribution in [2.45, 2.75) is 44.9 Å². The van der Waals surface area contributed by atoms with Crippen LogP contribution in [-0.4, -0.2) is 16.2 Å². The number of benzene rings is 3. The number of hydrogen-bond acceptors (Lipinski definition) is 2. The molecule has 0 bridgehead atoms. The number of carboxylic acids is 1. The van der Waals surface area contributed by atoms with Crippen molar-refractivity contribution in [1.29, 1.82) is 0 Å².